The summed E-state index contributed by atoms with van der Waals surface area (Å²) in [6.07, 6.45) is 3.54. The van der Waals surface area contributed by atoms with E-state index in [1.807, 2.05) is 35.9 Å². The van der Waals surface area contributed by atoms with Crippen molar-refractivity contribution in [2.45, 2.75) is 56.9 Å². The Kier molecular flexibility index (Phi) is 6.67. The van der Waals surface area contributed by atoms with Gasteiger partial charge in [-0.1, -0.05) is 49.4 Å². The molecule has 4 rings (SSSR count). The molecular weight excluding hydrogens is 438 g/mol. The monoisotopic (exact) mass is 467 g/mol. The quantitative estimate of drug-likeness (QED) is 0.474. The molecule has 0 radical (unpaired) electrons. The molecule has 2 N–H and O–H groups in total. The van der Waals surface area contributed by atoms with Crippen LogP contribution in [0.15, 0.2) is 53.4 Å². The summed E-state index contributed by atoms with van der Waals surface area (Å²) in [4.78, 5) is 12.9. The van der Waals surface area contributed by atoms with E-state index in [-0.39, 0.29) is 10.9 Å². The minimum atomic E-state index is -3.84. The second-order valence-corrected chi connectivity index (χ2v) is 9.87. The van der Waals surface area contributed by atoms with Crippen molar-refractivity contribution in [3.05, 3.63) is 71.0 Å². The van der Waals surface area contributed by atoms with E-state index < -0.39 is 10.0 Å². The third kappa shape index (κ3) is 5.02. The highest BCUT2D eigenvalue weighted by Crippen LogP contribution is 2.42. The summed E-state index contributed by atoms with van der Waals surface area (Å²) < 4.78 is 31.3. The van der Waals surface area contributed by atoms with Gasteiger partial charge in [-0.2, -0.15) is 5.10 Å². The molecule has 1 fully saturated rings. The van der Waals surface area contributed by atoms with Crippen molar-refractivity contribution in [3.63, 3.8) is 0 Å². The number of nitrogens with zero attached hydrogens (tertiary/aromatic N) is 2. The Balaban J connectivity index is 1.70. The second kappa shape index (κ2) is 9.49. The summed E-state index contributed by atoms with van der Waals surface area (Å²) in [6.45, 7) is 4.95. The lowest BCUT2D eigenvalue weighted by Crippen LogP contribution is -2.13. The molecule has 0 spiro atoms. The maximum atomic E-state index is 12.9. The van der Waals surface area contributed by atoms with Crippen molar-refractivity contribution in [2.75, 3.05) is 6.61 Å². The van der Waals surface area contributed by atoms with Gasteiger partial charge in [-0.15, -0.1) is 0 Å². The fourth-order valence-electron chi connectivity index (χ4n) is 4.11. The number of esters is 1. The first-order chi connectivity index (χ1) is 15.8. The van der Waals surface area contributed by atoms with Crippen LogP contribution >= 0.6 is 0 Å². The van der Waals surface area contributed by atoms with E-state index >= 15 is 0 Å². The number of hydrogen-bond donors (Lipinski definition) is 1. The number of hydrogen-bond acceptors (Lipinski definition) is 5. The first-order valence-corrected chi connectivity index (χ1v) is 12.9. The maximum absolute atomic E-state index is 12.9. The Morgan fingerprint density at radius 3 is 2.42 bits per heavy atom. The van der Waals surface area contributed by atoms with Gasteiger partial charge < -0.3 is 4.74 Å². The number of primary sulfonamides is 1. The van der Waals surface area contributed by atoms with Crippen LogP contribution < -0.4 is 5.14 Å². The molecule has 2 aromatic carbocycles. The zero-order valence-electron chi connectivity index (χ0n) is 19.0. The van der Waals surface area contributed by atoms with Crippen LogP contribution in [-0.4, -0.2) is 30.8 Å². The second-order valence-electron chi connectivity index (χ2n) is 8.34. The molecule has 7 nitrogen and oxygen atoms in total. The van der Waals surface area contributed by atoms with Gasteiger partial charge >= 0.3 is 5.97 Å². The molecule has 174 valence electrons. The molecule has 1 heterocycles. The number of aryl methyl sites for hydroxylation is 1. The average Bonchev–Trinajstić information content (AvgIpc) is 3.57. The number of ether oxygens (including phenoxy) is 1. The fourth-order valence-corrected chi connectivity index (χ4v) is 4.87. The third-order valence-corrected chi connectivity index (χ3v) is 6.76. The third-order valence-electron chi connectivity index (χ3n) is 5.79. The topological polar surface area (TPSA) is 104 Å². The summed E-state index contributed by atoms with van der Waals surface area (Å²) in [5.74, 6) is 0.0220. The number of carbonyl (C=O) groups excluding carboxylic acids is 1. The lowest BCUT2D eigenvalue weighted by Gasteiger charge is -2.11. The lowest BCUT2D eigenvalue weighted by atomic mass is 10.00. The molecule has 1 aromatic heterocycles. The van der Waals surface area contributed by atoms with Crippen LogP contribution in [0.3, 0.4) is 0 Å². The predicted molar refractivity (Wildman–Crippen MR) is 127 cm³/mol. The Morgan fingerprint density at radius 2 is 1.82 bits per heavy atom. The van der Waals surface area contributed by atoms with Crippen LogP contribution in [0.5, 0.6) is 0 Å². The van der Waals surface area contributed by atoms with E-state index in [0.29, 0.717) is 30.1 Å². The summed E-state index contributed by atoms with van der Waals surface area (Å²) in [5.41, 5.74) is 4.65. The van der Waals surface area contributed by atoms with E-state index in [9.17, 15) is 13.2 Å². The SMILES string of the molecule is CCCn1nc(C2CC2)c(C(=O)OCC)c1Cc1ccc(-c2ccccc2S(N)(=O)=O)cc1. The first kappa shape index (κ1) is 23.2. The van der Waals surface area contributed by atoms with Crippen LogP contribution in [0.4, 0.5) is 0 Å². The first-order valence-electron chi connectivity index (χ1n) is 11.3. The molecule has 0 aliphatic heterocycles. The minimum absolute atomic E-state index is 0.0949. The zero-order valence-corrected chi connectivity index (χ0v) is 19.8. The fraction of sp³-hybridized carbons (Fsp3) is 0.360. The Bertz CT molecular complexity index is 1260. The lowest BCUT2D eigenvalue weighted by molar-refractivity contribution is 0.0523. The summed E-state index contributed by atoms with van der Waals surface area (Å²) in [5, 5.41) is 10.2. The molecule has 0 atom stereocenters. The zero-order chi connectivity index (χ0) is 23.6. The average molecular weight is 468 g/mol. The van der Waals surface area contributed by atoms with Crippen molar-refractivity contribution in [1.29, 1.82) is 0 Å². The van der Waals surface area contributed by atoms with E-state index in [4.69, 9.17) is 15.0 Å². The van der Waals surface area contributed by atoms with Crippen LogP contribution in [0.25, 0.3) is 11.1 Å². The van der Waals surface area contributed by atoms with Gasteiger partial charge in [-0.3, -0.25) is 4.68 Å². The van der Waals surface area contributed by atoms with Crippen molar-refractivity contribution in [1.82, 2.24) is 9.78 Å². The van der Waals surface area contributed by atoms with Crippen LogP contribution in [0, 0.1) is 0 Å². The highest BCUT2D eigenvalue weighted by Gasteiger charge is 2.35. The molecular formula is C25H29N3O4S. The molecule has 0 amide bonds. The summed E-state index contributed by atoms with van der Waals surface area (Å²) in [6, 6.07) is 14.3. The van der Waals surface area contributed by atoms with E-state index in [1.54, 1.807) is 18.2 Å². The number of sulfonamides is 1. The van der Waals surface area contributed by atoms with E-state index in [2.05, 4.69) is 6.92 Å². The van der Waals surface area contributed by atoms with E-state index in [1.165, 1.54) is 6.07 Å². The molecule has 0 unspecified atom stereocenters. The molecule has 33 heavy (non-hydrogen) atoms. The number of benzene rings is 2. The van der Waals surface area contributed by atoms with Gasteiger partial charge in [0.05, 0.1) is 22.9 Å². The highest BCUT2D eigenvalue weighted by molar-refractivity contribution is 7.89. The van der Waals surface area contributed by atoms with Gasteiger partial charge in [0, 0.05) is 24.4 Å². The molecule has 1 saturated carbocycles. The minimum Gasteiger partial charge on any atom is -0.462 e. The van der Waals surface area contributed by atoms with Crippen molar-refractivity contribution in [3.8, 4) is 11.1 Å². The Labute approximate surface area is 194 Å². The summed E-state index contributed by atoms with van der Waals surface area (Å²) >= 11 is 0. The maximum Gasteiger partial charge on any atom is 0.341 e. The Morgan fingerprint density at radius 1 is 1.12 bits per heavy atom. The molecule has 1 aliphatic rings. The number of aromatic nitrogens is 2. The molecule has 3 aromatic rings. The molecule has 8 heteroatoms. The Hall–Kier alpha value is -2.97. The van der Waals surface area contributed by atoms with Gasteiger partial charge in [-0.05, 0) is 43.4 Å². The largest absolute Gasteiger partial charge is 0.462 e. The van der Waals surface area contributed by atoms with Gasteiger partial charge in [0.15, 0.2) is 0 Å². The van der Waals surface area contributed by atoms with E-state index in [0.717, 1.165) is 48.3 Å². The predicted octanol–water partition coefficient (Wildman–Crippen LogP) is 4.25. The molecule has 0 saturated heterocycles. The van der Waals surface area contributed by atoms with Gasteiger partial charge in [0.1, 0.15) is 5.56 Å². The number of carbonyl (C=O) groups is 1. The smallest absolute Gasteiger partial charge is 0.341 e. The van der Waals surface area contributed by atoms with Crippen molar-refractivity contribution < 1.29 is 17.9 Å². The van der Waals surface area contributed by atoms with Crippen LogP contribution in [-0.2, 0) is 27.7 Å². The van der Waals surface area contributed by atoms with Crippen molar-refractivity contribution in [2.24, 2.45) is 5.14 Å². The highest BCUT2D eigenvalue weighted by atomic mass is 32.2. The molecule has 0 bridgehead atoms. The number of rotatable bonds is 9. The van der Waals surface area contributed by atoms with Gasteiger partial charge in [0.2, 0.25) is 10.0 Å². The summed E-state index contributed by atoms with van der Waals surface area (Å²) in [7, 11) is -3.84. The standard InChI is InChI=1S/C25H29N3O4S/c1-3-15-28-21(23(25(29)32-4-2)24(27-28)19-13-14-19)16-17-9-11-18(12-10-17)20-7-5-6-8-22(20)33(26,30)31/h5-12,19H,3-4,13-16H2,1-2H3,(H2,26,30,31). The molecule has 1 aliphatic carbocycles. The van der Waals surface area contributed by atoms with Crippen molar-refractivity contribution >= 4 is 16.0 Å². The number of nitrogens with two attached hydrogens (primary N) is 1. The van der Waals surface area contributed by atoms with Crippen LogP contribution in [0.1, 0.15) is 66.3 Å². The normalized spacial score (nSPS) is 13.8. The van der Waals surface area contributed by atoms with Crippen LogP contribution in [0.2, 0.25) is 0 Å². The van der Waals surface area contributed by atoms with Gasteiger partial charge in [0.25, 0.3) is 0 Å². The van der Waals surface area contributed by atoms with Gasteiger partial charge in [-0.25, -0.2) is 18.4 Å².